The van der Waals surface area contributed by atoms with Gasteiger partial charge in [-0.25, -0.2) is 8.42 Å². The van der Waals surface area contributed by atoms with Crippen molar-refractivity contribution in [2.45, 2.75) is 39.7 Å². The predicted octanol–water partition coefficient (Wildman–Crippen LogP) is 0.754. The second-order valence-corrected chi connectivity index (χ2v) is 9.47. The highest BCUT2D eigenvalue weighted by molar-refractivity contribution is 7.91. The Labute approximate surface area is 122 Å². The van der Waals surface area contributed by atoms with Crippen molar-refractivity contribution in [1.29, 1.82) is 0 Å². The van der Waals surface area contributed by atoms with Crippen molar-refractivity contribution < 1.29 is 13.2 Å². The molecule has 20 heavy (non-hydrogen) atoms. The Morgan fingerprint density at radius 3 is 2.30 bits per heavy atom. The van der Waals surface area contributed by atoms with Crippen LogP contribution in [-0.4, -0.2) is 67.9 Å². The molecule has 0 radical (unpaired) electrons. The van der Waals surface area contributed by atoms with Crippen LogP contribution in [0.25, 0.3) is 0 Å². The van der Waals surface area contributed by atoms with Gasteiger partial charge in [-0.1, -0.05) is 20.8 Å². The van der Waals surface area contributed by atoms with Gasteiger partial charge in [0.1, 0.15) is 0 Å². The maximum atomic E-state index is 12.6. The molecule has 116 valence electrons. The maximum absolute atomic E-state index is 12.6. The van der Waals surface area contributed by atoms with Gasteiger partial charge in [0.15, 0.2) is 9.84 Å². The molecule has 2 aliphatic heterocycles. The van der Waals surface area contributed by atoms with Gasteiger partial charge in [0, 0.05) is 26.2 Å². The van der Waals surface area contributed by atoms with E-state index in [2.05, 4.69) is 25.7 Å². The van der Waals surface area contributed by atoms with E-state index in [9.17, 15) is 13.2 Å². The molecule has 0 spiro atoms. The van der Waals surface area contributed by atoms with E-state index in [1.165, 1.54) is 0 Å². The van der Waals surface area contributed by atoms with Crippen LogP contribution in [-0.2, 0) is 14.6 Å². The third-order valence-electron chi connectivity index (χ3n) is 3.99. The number of likely N-dealkylation sites (tertiary alicyclic amines) is 1. The van der Waals surface area contributed by atoms with E-state index in [4.69, 9.17) is 0 Å². The van der Waals surface area contributed by atoms with E-state index >= 15 is 0 Å². The van der Waals surface area contributed by atoms with E-state index < -0.39 is 9.84 Å². The molecule has 0 bridgehead atoms. The van der Waals surface area contributed by atoms with Crippen LogP contribution in [0.3, 0.4) is 0 Å². The van der Waals surface area contributed by atoms with Gasteiger partial charge in [0.05, 0.1) is 17.5 Å². The molecule has 5 nitrogen and oxygen atoms in total. The summed E-state index contributed by atoms with van der Waals surface area (Å²) in [5, 5.41) is 0. The summed E-state index contributed by atoms with van der Waals surface area (Å²) in [6.45, 7) is 9.02. The lowest BCUT2D eigenvalue weighted by atomic mass is 9.93. The van der Waals surface area contributed by atoms with Crippen molar-refractivity contribution in [2.24, 2.45) is 5.41 Å². The number of rotatable bonds is 2. The average Bonchev–Trinajstić information content (AvgIpc) is 2.31. The lowest BCUT2D eigenvalue weighted by Crippen LogP contribution is -2.57. The van der Waals surface area contributed by atoms with Crippen molar-refractivity contribution in [1.82, 2.24) is 9.80 Å². The summed E-state index contributed by atoms with van der Waals surface area (Å²) < 4.78 is 23.0. The van der Waals surface area contributed by atoms with Crippen LogP contribution in [0.1, 0.15) is 33.6 Å². The van der Waals surface area contributed by atoms with E-state index in [-0.39, 0.29) is 28.9 Å². The number of amides is 1. The van der Waals surface area contributed by atoms with Crippen LogP contribution in [0, 0.1) is 5.41 Å². The zero-order chi connectivity index (χ0) is 15.0. The number of hydrogen-bond acceptors (Lipinski definition) is 4. The molecular formula is C14H26N2O3S. The predicted molar refractivity (Wildman–Crippen MR) is 79.3 cm³/mol. The largest absolute Gasteiger partial charge is 0.341 e. The molecule has 0 aliphatic carbocycles. The molecule has 0 aromatic heterocycles. The third-order valence-corrected chi connectivity index (χ3v) is 5.60. The quantitative estimate of drug-likeness (QED) is 0.755. The number of sulfone groups is 1. The molecule has 0 aromatic carbocycles. The Balaban J connectivity index is 2.00. The van der Waals surface area contributed by atoms with Crippen LogP contribution in [0.2, 0.25) is 0 Å². The fraction of sp³-hybridized carbons (Fsp3) is 0.929. The van der Waals surface area contributed by atoms with E-state index in [1.807, 2.05) is 4.90 Å². The molecular weight excluding hydrogens is 276 g/mol. The van der Waals surface area contributed by atoms with Crippen LogP contribution >= 0.6 is 0 Å². The standard InChI is InChI=1S/C14H26N2O3S/c1-14(2,3)11-16-6-4-5-12(13(16)17)15-7-9-20(18,19)10-8-15/h12H,4-11H2,1-3H3/t12-/m1/s1. The fourth-order valence-corrected chi connectivity index (χ4v) is 4.26. The molecule has 0 N–H and O–H groups in total. The highest BCUT2D eigenvalue weighted by atomic mass is 32.2. The Kier molecular flexibility index (Phi) is 4.44. The van der Waals surface area contributed by atoms with Gasteiger partial charge in [0.2, 0.25) is 5.91 Å². The van der Waals surface area contributed by atoms with Gasteiger partial charge >= 0.3 is 0 Å². The molecule has 0 unspecified atom stereocenters. The van der Waals surface area contributed by atoms with Gasteiger partial charge in [-0.05, 0) is 18.3 Å². The van der Waals surface area contributed by atoms with Gasteiger partial charge in [-0.2, -0.15) is 0 Å². The minimum atomic E-state index is -2.88. The molecule has 2 heterocycles. The normalized spacial score (nSPS) is 28.6. The van der Waals surface area contributed by atoms with Crippen molar-refractivity contribution in [3.05, 3.63) is 0 Å². The first-order valence-electron chi connectivity index (χ1n) is 7.41. The van der Waals surface area contributed by atoms with Crippen LogP contribution in [0.4, 0.5) is 0 Å². The van der Waals surface area contributed by atoms with Crippen LogP contribution in [0.15, 0.2) is 0 Å². The molecule has 2 rings (SSSR count). The molecule has 1 atom stereocenters. The van der Waals surface area contributed by atoms with Crippen LogP contribution in [0.5, 0.6) is 0 Å². The fourth-order valence-electron chi connectivity index (χ4n) is 3.03. The van der Waals surface area contributed by atoms with E-state index in [0.29, 0.717) is 13.1 Å². The Hall–Kier alpha value is -0.620. The average molecular weight is 302 g/mol. The number of carbonyl (C=O) groups excluding carboxylic acids is 1. The molecule has 2 aliphatic rings. The number of hydrogen-bond donors (Lipinski definition) is 0. The van der Waals surface area contributed by atoms with Gasteiger partial charge in [-0.3, -0.25) is 9.69 Å². The minimum absolute atomic E-state index is 0.1000. The van der Waals surface area contributed by atoms with Crippen molar-refractivity contribution in [3.8, 4) is 0 Å². The molecule has 2 fully saturated rings. The van der Waals surface area contributed by atoms with Gasteiger partial charge in [-0.15, -0.1) is 0 Å². The second kappa shape index (κ2) is 5.64. The number of carbonyl (C=O) groups is 1. The first-order chi connectivity index (χ1) is 9.18. The summed E-state index contributed by atoms with van der Waals surface area (Å²) in [5.74, 6) is 0.567. The third kappa shape index (κ3) is 3.95. The first kappa shape index (κ1) is 15.8. The Bertz CT molecular complexity index is 453. The summed E-state index contributed by atoms with van der Waals surface area (Å²) in [6, 6.07) is -0.110. The van der Waals surface area contributed by atoms with Crippen molar-refractivity contribution in [3.63, 3.8) is 0 Å². The van der Waals surface area contributed by atoms with Crippen molar-refractivity contribution >= 4 is 15.7 Å². The minimum Gasteiger partial charge on any atom is -0.341 e. The highest BCUT2D eigenvalue weighted by Gasteiger charge is 2.36. The van der Waals surface area contributed by atoms with E-state index in [1.54, 1.807) is 0 Å². The monoisotopic (exact) mass is 302 g/mol. The summed E-state index contributed by atoms with van der Waals surface area (Å²) >= 11 is 0. The molecule has 2 saturated heterocycles. The van der Waals surface area contributed by atoms with Gasteiger partial charge < -0.3 is 4.90 Å². The first-order valence-corrected chi connectivity index (χ1v) is 9.23. The summed E-state index contributed by atoms with van der Waals surface area (Å²) in [6.07, 6.45) is 1.87. The summed E-state index contributed by atoms with van der Waals surface area (Å²) in [7, 11) is -2.88. The van der Waals surface area contributed by atoms with Gasteiger partial charge in [0.25, 0.3) is 0 Å². The second-order valence-electron chi connectivity index (χ2n) is 7.17. The Morgan fingerprint density at radius 1 is 1.15 bits per heavy atom. The SMILES string of the molecule is CC(C)(C)CN1CCC[C@@H](N2CCS(=O)(=O)CC2)C1=O. The molecule has 6 heteroatoms. The number of piperidine rings is 1. The topological polar surface area (TPSA) is 57.7 Å². The smallest absolute Gasteiger partial charge is 0.239 e. The Morgan fingerprint density at radius 2 is 1.75 bits per heavy atom. The zero-order valence-corrected chi connectivity index (χ0v) is 13.6. The van der Waals surface area contributed by atoms with Crippen molar-refractivity contribution in [2.75, 3.05) is 37.7 Å². The zero-order valence-electron chi connectivity index (χ0n) is 12.8. The molecule has 0 saturated carbocycles. The summed E-state index contributed by atoms with van der Waals surface area (Å²) in [4.78, 5) is 16.6. The highest BCUT2D eigenvalue weighted by Crippen LogP contribution is 2.23. The molecule has 1 amide bonds. The van der Waals surface area contributed by atoms with Crippen LogP contribution < -0.4 is 0 Å². The lowest BCUT2D eigenvalue weighted by molar-refractivity contribution is -0.141. The number of nitrogens with zero attached hydrogens (tertiary/aromatic N) is 2. The lowest BCUT2D eigenvalue weighted by Gasteiger charge is -2.41. The van der Waals surface area contributed by atoms with E-state index in [0.717, 1.165) is 25.9 Å². The molecule has 0 aromatic rings. The maximum Gasteiger partial charge on any atom is 0.239 e. The summed E-state index contributed by atoms with van der Waals surface area (Å²) in [5.41, 5.74) is 0.1000.